The number of para-hydroxylation sites is 2. The van der Waals surface area contributed by atoms with E-state index < -0.39 is 0 Å². The van der Waals surface area contributed by atoms with Crippen molar-refractivity contribution in [1.29, 1.82) is 0 Å². The van der Waals surface area contributed by atoms with Crippen molar-refractivity contribution < 1.29 is 0 Å². The van der Waals surface area contributed by atoms with E-state index in [-0.39, 0.29) is 0 Å². The summed E-state index contributed by atoms with van der Waals surface area (Å²) >= 11 is 0. The maximum absolute atomic E-state index is 4.76. The number of hydrogen-bond acceptors (Lipinski definition) is 2. The van der Waals surface area contributed by atoms with Crippen LogP contribution in [0.5, 0.6) is 0 Å². The van der Waals surface area contributed by atoms with Gasteiger partial charge < -0.3 is 9.88 Å². The molecule has 1 atom stereocenters. The third kappa shape index (κ3) is 2.27. The summed E-state index contributed by atoms with van der Waals surface area (Å²) in [6, 6.07) is 8.63. The molecule has 102 valence electrons. The summed E-state index contributed by atoms with van der Waals surface area (Å²) in [5.74, 6) is 1.13. The van der Waals surface area contributed by atoms with Crippen LogP contribution in [0.2, 0.25) is 0 Å². The van der Waals surface area contributed by atoms with Gasteiger partial charge in [0, 0.05) is 13.6 Å². The fourth-order valence-corrected chi connectivity index (χ4v) is 3.00. The lowest BCUT2D eigenvalue weighted by molar-refractivity contribution is 0.151. The summed E-state index contributed by atoms with van der Waals surface area (Å²) < 4.78 is 2.20. The van der Waals surface area contributed by atoms with Gasteiger partial charge >= 0.3 is 0 Å². The second-order valence-electron chi connectivity index (χ2n) is 6.28. The lowest BCUT2D eigenvalue weighted by Gasteiger charge is -2.39. The first-order chi connectivity index (χ1) is 9.09. The number of nitrogens with one attached hydrogen (secondary N) is 1. The van der Waals surface area contributed by atoms with Crippen LogP contribution in [0.25, 0.3) is 11.0 Å². The Kier molecular flexibility index (Phi) is 3.09. The van der Waals surface area contributed by atoms with Crippen molar-refractivity contribution in [2.45, 2.75) is 39.2 Å². The lowest BCUT2D eigenvalue weighted by Crippen LogP contribution is -2.38. The molecule has 1 aliphatic carbocycles. The lowest BCUT2D eigenvalue weighted by atomic mass is 9.70. The van der Waals surface area contributed by atoms with Crippen LogP contribution in [0.1, 0.15) is 45.0 Å². The summed E-state index contributed by atoms with van der Waals surface area (Å²) in [6.07, 6.45) is 4.10. The molecule has 1 aromatic carbocycles. The molecule has 0 saturated heterocycles. The van der Waals surface area contributed by atoms with Crippen LogP contribution < -0.4 is 5.32 Å². The zero-order chi connectivity index (χ0) is 13.5. The SMILES string of the molecule is CC(NCC1(C)CCC1)c1nc2ccccc2n1C. The Bertz CT molecular complexity index is 581. The molecule has 3 rings (SSSR count). The smallest absolute Gasteiger partial charge is 0.126 e. The van der Waals surface area contributed by atoms with E-state index in [9.17, 15) is 0 Å². The molecule has 0 spiro atoms. The molecular formula is C16H23N3. The third-order valence-corrected chi connectivity index (χ3v) is 4.60. The highest BCUT2D eigenvalue weighted by Crippen LogP contribution is 2.39. The normalized spacial score (nSPS) is 19.3. The second-order valence-corrected chi connectivity index (χ2v) is 6.28. The predicted octanol–water partition coefficient (Wildman–Crippen LogP) is 3.41. The van der Waals surface area contributed by atoms with E-state index in [0.717, 1.165) is 17.9 Å². The summed E-state index contributed by atoms with van der Waals surface area (Å²) in [4.78, 5) is 4.76. The highest BCUT2D eigenvalue weighted by Gasteiger charge is 2.32. The molecule has 1 aromatic heterocycles. The number of hydrogen-bond donors (Lipinski definition) is 1. The number of nitrogens with zero attached hydrogens (tertiary/aromatic N) is 2. The first-order valence-electron chi connectivity index (χ1n) is 7.24. The van der Waals surface area contributed by atoms with Crippen LogP contribution in [-0.4, -0.2) is 16.1 Å². The quantitative estimate of drug-likeness (QED) is 0.909. The summed E-state index contributed by atoms with van der Waals surface area (Å²) in [7, 11) is 2.11. The van der Waals surface area contributed by atoms with Gasteiger partial charge in [-0.25, -0.2) is 4.98 Å². The Morgan fingerprint density at radius 2 is 2.11 bits per heavy atom. The first kappa shape index (κ1) is 12.7. The molecule has 0 radical (unpaired) electrons. The zero-order valence-corrected chi connectivity index (χ0v) is 12.1. The largest absolute Gasteiger partial charge is 0.330 e. The van der Waals surface area contributed by atoms with Crippen LogP contribution in [0, 0.1) is 5.41 Å². The Morgan fingerprint density at radius 1 is 1.37 bits per heavy atom. The number of imidazole rings is 1. The molecule has 0 aliphatic heterocycles. The molecule has 3 heteroatoms. The van der Waals surface area contributed by atoms with Crippen molar-refractivity contribution in [2.24, 2.45) is 12.5 Å². The molecule has 2 aromatic rings. The van der Waals surface area contributed by atoms with Gasteiger partial charge in [0.05, 0.1) is 17.1 Å². The fraction of sp³-hybridized carbons (Fsp3) is 0.562. The topological polar surface area (TPSA) is 29.9 Å². The van der Waals surface area contributed by atoms with E-state index in [1.807, 2.05) is 6.07 Å². The van der Waals surface area contributed by atoms with Crippen molar-refractivity contribution in [3.8, 4) is 0 Å². The molecule has 1 heterocycles. The van der Waals surface area contributed by atoms with E-state index in [2.05, 4.69) is 49.0 Å². The first-order valence-corrected chi connectivity index (χ1v) is 7.24. The Labute approximate surface area is 115 Å². The standard InChI is InChI=1S/C16H23N3/c1-12(17-11-16(2)9-6-10-16)15-18-13-7-4-5-8-14(13)19(15)3/h4-5,7-8,12,17H,6,9-11H2,1-3H3. The number of rotatable bonds is 4. The zero-order valence-electron chi connectivity index (χ0n) is 12.1. The molecule has 0 amide bonds. The molecular weight excluding hydrogens is 234 g/mol. The molecule has 1 N–H and O–H groups in total. The molecule has 1 unspecified atom stereocenters. The van der Waals surface area contributed by atoms with Gasteiger partial charge in [0.2, 0.25) is 0 Å². The van der Waals surface area contributed by atoms with E-state index in [1.165, 1.54) is 24.8 Å². The predicted molar refractivity (Wildman–Crippen MR) is 79.1 cm³/mol. The summed E-state index contributed by atoms with van der Waals surface area (Å²) in [5, 5.41) is 3.66. The third-order valence-electron chi connectivity index (χ3n) is 4.60. The van der Waals surface area contributed by atoms with Gasteiger partial charge in [0.15, 0.2) is 0 Å². The minimum absolute atomic E-state index is 0.301. The van der Waals surface area contributed by atoms with Crippen molar-refractivity contribution >= 4 is 11.0 Å². The van der Waals surface area contributed by atoms with Crippen molar-refractivity contribution in [2.75, 3.05) is 6.54 Å². The van der Waals surface area contributed by atoms with Gasteiger partial charge in [-0.15, -0.1) is 0 Å². The van der Waals surface area contributed by atoms with E-state index in [4.69, 9.17) is 4.98 Å². The van der Waals surface area contributed by atoms with Gasteiger partial charge in [-0.3, -0.25) is 0 Å². The van der Waals surface area contributed by atoms with E-state index in [0.29, 0.717) is 11.5 Å². The molecule has 1 saturated carbocycles. The minimum atomic E-state index is 0.301. The number of aromatic nitrogens is 2. The Morgan fingerprint density at radius 3 is 2.74 bits per heavy atom. The van der Waals surface area contributed by atoms with Gasteiger partial charge in [-0.2, -0.15) is 0 Å². The second kappa shape index (κ2) is 4.64. The molecule has 1 fully saturated rings. The van der Waals surface area contributed by atoms with Crippen LogP contribution in [0.15, 0.2) is 24.3 Å². The molecule has 0 bridgehead atoms. The van der Waals surface area contributed by atoms with Gasteiger partial charge in [-0.05, 0) is 37.3 Å². The number of aryl methyl sites for hydroxylation is 1. The summed E-state index contributed by atoms with van der Waals surface area (Å²) in [5.41, 5.74) is 2.81. The van der Waals surface area contributed by atoms with Crippen molar-refractivity contribution in [1.82, 2.24) is 14.9 Å². The Hall–Kier alpha value is -1.35. The number of fused-ring (bicyclic) bond motifs is 1. The highest BCUT2D eigenvalue weighted by atomic mass is 15.1. The van der Waals surface area contributed by atoms with Gasteiger partial charge in [0.25, 0.3) is 0 Å². The van der Waals surface area contributed by atoms with Crippen molar-refractivity contribution in [3.05, 3.63) is 30.1 Å². The average molecular weight is 257 g/mol. The maximum Gasteiger partial charge on any atom is 0.126 e. The Balaban J connectivity index is 1.77. The number of benzene rings is 1. The van der Waals surface area contributed by atoms with Gasteiger partial charge in [0.1, 0.15) is 5.82 Å². The van der Waals surface area contributed by atoms with E-state index >= 15 is 0 Å². The minimum Gasteiger partial charge on any atom is -0.330 e. The molecule has 1 aliphatic rings. The van der Waals surface area contributed by atoms with Gasteiger partial charge in [-0.1, -0.05) is 25.5 Å². The summed E-state index contributed by atoms with van der Waals surface area (Å²) in [6.45, 7) is 5.69. The van der Waals surface area contributed by atoms with Crippen LogP contribution in [0.4, 0.5) is 0 Å². The van der Waals surface area contributed by atoms with Crippen LogP contribution in [-0.2, 0) is 7.05 Å². The van der Waals surface area contributed by atoms with Crippen LogP contribution in [0.3, 0.4) is 0 Å². The molecule has 19 heavy (non-hydrogen) atoms. The van der Waals surface area contributed by atoms with E-state index in [1.54, 1.807) is 0 Å². The fourth-order valence-electron chi connectivity index (χ4n) is 3.00. The molecule has 3 nitrogen and oxygen atoms in total. The highest BCUT2D eigenvalue weighted by molar-refractivity contribution is 5.75. The average Bonchev–Trinajstić information content (AvgIpc) is 2.72. The maximum atomic E-state index is 4.76. The van der Waals surface area contributed by atoms with Crippen LogP contribution >= 0.6 is 0 Å². The monoisotopic (exact) mass is 257 g/mol. The van der Waals surface area contributed by atoms with Crippen molar-refractivity contribution in [3.63, 3.8) is 0 Å².